The van der Waals surface area contributed by atoms with E-state index >= 15 is 0 Å². The molecule has 0 aliphatic carbocycles. The number of aromatic nitrogens is 1. The number of rotatable bonds is 17. The summed E-state index contributed by atoms with van der Waals surface area (Å²) in [6.45, 7) is 20.7. The molecule has 0 saturated carbocycles. The molecule has 0 aliphatic heterocycles. The molecule has 6 heteroatoms. The van der Waals surface area contributed by atoms with Crippen LogP contribution >= 0.6 is 0 Å². The average Bonchev–Trinajstić information content (AvgIpc) is 1.30. The van der Waals surface area contributed by atoms with Crippen molar-refractivity contribution in [1.29, 1.82) is 0 Å². The van der Waals surface area contributed by atoms with Crippen LogP contribution in [-0.2, 0) is 16.2 Å². The van der Waals surface area contributed by atoms with Gasteiger partial charge in [-0.15, -0.1) is 0 Å². The maximum Gasteiger partial charge on any atom is 0.159 e. The normalized spacial score (nSPS) is 11.9. The lowest BCUT2D eigenvalue weighted by Gasteiger charge is -2.34. The summed E-state index contributed by atoms with van der Waals surface area (Å²) in [5, 5.41) is 4.47. The summed E-state index contributed by atoms with van der Waals surface area (Å²) in [6.07, 6.45) is 0. The predicted octanol–water partition coefficient (Wildman–Crippen LogP) is 31.1. The molecule has 0 atom stereocenters. The van der Waals surface area contributed by atoms with E-state index in [9.17, 15) is 0 Å². The van der Waals surface area contributed by atoms with Gasteiger partial charge in [-0.1, -0.05) is 329 Å². The molecular formula is C108H90N4O2. The van der Waals surface area contributed by atoms with Crippen LogP contribution in [-0.4, -0.2) is 4.57 Å². The van der Waals surface area contributed by atoms with Crippen LogP contribution in [0.1, 0.15) is 79.0 Å². The Morgan fingerprint density at radius 3 is 1.23 bits per heavy atom. The van der Waals surface area contributed by atoms with E-state index in [0.717, 1.165) is 145 Å². The van der Waals surface area contributed by atoms with Crippen molar-refractivity contribution in [3.8, 4) is 72.8 Å². The smallest absolute Gasteiger partial charge is 0.159 e. The van der Waals surface area contributed by atoms with Gasteiger partial charge in [0, 0.05) is 90.1 Å². The number of nitrogens with zero attached hydrogens (tertiary/aromatic N) is 4. The quantitative estimate of drug-likeness (QED) is 0.0908. The van der Waals surface area contributed by atoms with Crippen LogP contribution < -0.4 is 19.4 Å². The standard InChI is InChI=1S/C108H90N4O2/c1-106(2,3)79-45-29-46-82(64-79)110(103-91(74-37-17-11-18-38-74)53-32-54-92(103)75-39-19-12-20-40-75)88-67-81(108(7,8)9)68-90(72-88)113-89-50-31-49-85(71-89)111(104-93(76-41-21-13-22-42-76)55-33-56-94(104)77-43-23-14-24-44-77)87-66-80(107(4,5)6)65-86(70-87)109(101-59-34-57-97-96-52-26-28-60-102(96)114-105(97)101)83-47-30-48-84(69-83)112-99-58-27-25-51-95(99)98-63-78(61-62-100(98)112)73-35-15-10-16-36-73/h10-72H,1-9H3. The second kappa shape index (κ2) is 29.5. The molecule has 0 radical (unpaired) electrons. The monoisotopic (exact) mass is 1470 g/mol. The lowest BCUT2D eigenvalue weighted by Crippen LogP contribution is -2.18. The fraction of sp³-hybridized carbons (Fsp3) is 0.111. The molecule has 0 amide bonds. The molecule has 0 N–H and O–H groups in total. The first-order chi connectivity index (χ1) is 55.4. The van der Waals surface area contributed by atoms with Crippen molar-refractivity contribution in [2.75, 3.05) is 14.7 Å². The van der Waals surface area contributed by atoms with Crippen molar-refractivity contribution in [2.24, 2.45) is 0 Å². The largest absolute Gasteiger partial charge is 0.457 e. The number of para-hydroxylation sites is 5. The number of furan rings is 1. The Balaban J connectivity index is 0.864. The van der Waals surface area contributed by atoms with Crippen LogP contribution in [0.3, 0.4) is 0 Å². The van der Waals surface area contributed by atoms with E-state index in [1.807, 2.05) is 0 Å². The SMILES string of the molecule is CC(C)(C)c1cccc(N(c2cc(Oc3cccc(N(c4cc(N(c5cccc(-n6c7ccccc7c7cc(-c8ccccc8)ccc76)c5)c5cccc6c5oc5ccccc56)cc(C(C)(C)C)c4)c4c(-c5ccccc5)cccc4-c4ccccc4)c3)cc(C(C)(C)C)c2)c2c(-c3ccccc3)cccc2-c2ccccc2)c1. The van der Waals surface area contributed by atoms with Gasteiger partial charge in [-0.25, -0.2) is 0 Å². The van der Waals surface area contributed by atoms with Crippen LogP contribution in [0, 0.1) is 0 Å². The number of hydrogen-bond donors (Lipinski definition) is 0. The molecule has 6 nitrogen and oxygen atoms in total. The molecule has 2 aromatic heterocycles. The summed E-state index contributed by atoms with van der Waals surface area (Å²) < 4.78 is 17.2. The fourth-order valence-electron chi connectivity index (χ4n) is 16.4. The molecule has 0 spiro atoms. The second-order valence-electron chi connectivity index (χ2n) is 32.9. The zero-order valence-electron chi connectivity index (χ0n) is 66.0. The van der Waals surface area contributed by atoms with Crippen LogP contribution in [0.15, 0.2) is 387 Å². The third-order valence-corrected chi connectivity index (χ3v) is 22.2. The number of fused-ring (bicyclic) bond motifs is 6. The van der Waals surface area contributed by atoms with Gasteiger partial charge in [0.25, 0.3) is 0 Å². The first-order valence-corrected chi connectivity index (χ1v) is 39.6. The van der Waals surface area contributed by atoms with Gasteiger partial charge in [-0.05, 0) is 169 Å². The molecule has 18 aromatic rings. The van der Waals surface area contributed by atoms with Gasteiger partial charge in [-0.2, -0.15) is 0 Å². The van der Waals surface area contributed by atoms with E-state index in [2.05, 4.69) is 464 Å². The van der Waals surface area contributed by atoms with Gasteiger partial charge >= 0.3 is 0 Å². The Labute approximate surface area is 669 Å². The molecule has 2 heterocycles. The Kier molecular flexibility index (Phi) is 18.6. The number of benzene rings is 16. The predicted molar refractivity (Wildman–Crippen MR) is 482 cm³/mol. The van der Waals surface area contributed by atoms with Crippen molar-refractivity contribution in [3.05, 3.63) is 399 Å². The highest BCUT2D eigenvalue weighted by Crippen LogP contribution is 2.54. The number of anilines is 9. The first-order valence-electron chi connectivity index (χ1n) is 39.6. The van der Waals surface area contributed by atoms with Crippen LogP contribution in [0.4, 0.5) is 51.2 Å². The molecule has 16 aromatic carbocycles. The van der Waals surface area contributed by atoms with E-state index < -0.39 is 0 Å². The van der Waals surface area contributed by atoms with Crippen molar-refractivity contribution in [1.82, 2.24) is 4.57 Å². The molecule has 0 fully saturated rings. The van der Waals surface area contributed by atoms with Crippen molar-refractivity contribution < 1.29 is 9.15 Å². The van der Waals surface area contributed by atoms with Gasteiger partial charge < -0.3 is 28.4 Å². The Hall–Kier alpha value is -13.7. The average molecular weight is 1480 g/mol. The molecule has 0 bridgehead atoms. The summed E-state index contributed by atoms with van der Waals surface area (Å²) in [7, 11) is 0. The topological polar surface area (TPSA) is 37.0 Å². The third kappa shape index (κ3) is 13.8. The van der Waals surface area contributed by atoms with Gasteiger partial charge in [-0.3, -0.25) is 0 Å². The number of hydrogen-bond acceptors (Lipinski definition) is 5. The van der Waals surface area contributed by atoms with E-state index in [1.165, 1.54) is 27.5 Å². The minimum absolute atomic E-state index is 0.137. The van der Waals surface area contributed by atoms with Crippen LogP contribution in [0.2, 0.25) is 0 Å². The molecule has 0 saturated heterocycles. The third-order valence-electron chi connectivity index (χ3n) is 22.2. The van der Waals surface area contributed by atoms with Crippen LogP contribution in [0.5, 0.6) is 11.5 Å². The molecule has 18 rings (SSSR count). The van der Waals surface area contributed by atoms with E-state index in [1.54, 1.807) is 0 Å². The second-order valence-corrected chi connectivity index (χ2v) is 32.9. The molecule has 554 valence electrons. The zero-order valence-corrected chi connectivity index (χ0v) is 66.0. The minimum atomic E-state index is -0.371. The highest BCUT2D eigenvalue weighted by Gasteiger charge is 2.31. The summed E-state index contributed by atoms with van der Waals surface area (Å²) >= 11 is 0. The van der Waals surface area contributed by atoms with Crippen LogP contribution in [0.25, 0.3) is 105 Å². The Morgan fingerprint density at radius 2 is 0.667 bits per heavy atom. The highest BCUT2D eigenvalue weighted by atomic mass is 16.5. The van der Waals surface area contributed by atoms with E-state index in [0.29, 0.717) is 11.5 Å². The van der Waals surface area contributed by atoms with Gasteiger partial charge in [0.1, 0.15) is 17.1 Å². The zero-order chi connectivity index (χ0) is 77.8. The molecule has 0 unspecified atom stereocenters. The maximum atomic E-state index is 7.65. The van der Waals surface area contributed by atoms with Crippen molar-refractivity contribution in [2.45, 2.75) is 78.6 Å². The van der Waals surface area contributed by atoms with Gasteiger partial charge in [0.2, 0.25) is 0 Å². The number of ether oxygens (including phenoxy) is 1. The summed E-state index contributed by atoms with van der Waals surface area (Å²) in [6, 6.07) is 139. The minimum Gasteiger partial charge on any atom is -0.457 e. The summed E-state index contributed by atoms with van der Waals surface area (Å²) in [4.78, 5) is 7.39. The van der Waals surface area contributed by atoms with Gasteiger partial charge in [0.05, 0.1) is 33.8 Å². The first kappa shape index (κ1) is 71.9. The Morgan fingerprint density at radius 1 is 0.254 bits per heavy atom. The van der Waals surface area contributed by atoms with Crippen molar-refractivity contribution >= 4 is 94.9 Å². The van der Waals surface area contributed by atoms with E-state index in [-0.39, 0.29) is 16.2 Å². The maximum absolute atomic E-state index is 7.65. The van der Waals surface area contributed by atoms with Crippen molar-refractivity contribution in [3.63, 3.8) is 0 Å². The fourth-order valence-corrected chi connectivity index (χ4v) is 16.4. The summed E-state index contributed by atoms with van der Waals surface area (Å²) in [5.74, 6) is 1.38. The molecular weight excluding hydrogens is 1390 g/mol. The highest BCUT2D eigenvalue weighted by molar-refractivity contribution is 6.12. The Bertz CT molecular complexity index is 6460. The lowest BCUT2D eigenvalue weighted by molar-refractivity contribution is 0.479. The summed E-state index contributed by atoms with van der Waals surface area (Å²) in [5.41, 5.74) is 27.4. The molecule has 0 aliphatic rings. The lowest BCUT2D eigenvalue weighted by atomic mass is 9.85. The molecule has 114 heavy (non-hydrogen) atoms. The van der Waals surface area contributed by atoms with E-state index in [4.69, 9.17) is 9.15 Å². The van der Waals surface area contributed by atoms with Gasteiger partial charge in [0.15, 0.2) is 5.58 Å².